The second-order valence-electron chi connectivity index (χ2n) is 6.22. The number of aryl methyl sites for hydroxylation is 1. The van der Waals surface area contributed by atoms with Gasteiger partial charge in [-0.25, -0.2) is 12.8 Å². The first-order chi connectivity index (χ1) is 13.4. The van der Waals surface area contributed by atoms with Crippen molar-refractivity contribution >= 4 is 27.3 Å². The summed E-state index contributed by atoms with van der Waals surface area (Å²) in [4.78, 5) is 12.6. The average molecular weight is 398 g/mol. The van der Waals surface area contributed by atoms with E-state index in [0.717, 1.165) is 9.87 Å². The fraction of sp³-hybridized carbons (Fsp3) is 0.0952. The molecule has 0 aromatic heterocycles. The Morgan fingerprint density at radius 1 is 0.929 bits per heavy atom. The van der Waals surface area contributed by atoms with E-state index in [4.69, 9.17) is 0 Å². The molecule has 144 valence electrons. The van der Waals surface area contributed by atoms with E-state index < -0.39 is 28.3 Å². The first-order valence-corrected chi connectivity index (χ1v) is 10.0. The Kier molecular flexibility index (Phi) is 5.75. The first kappa shape index (κ1) is 19.6. The molecule has 0 spiro atoms. The van der Waals surface area contributed by atoms with Crippen molar-refractivity contribution in [3.05, 3.63) is 90.2 Å². The van der Waals surface area contributed by atoms with Crippen LogP contribution in [0.3, 0.4) is 0 Å². The van der Waals surface area contributed by atoms with E-state index in [-0.39, 0.29) is 4.90 Å². The lowest BCUT2D eigenvalue weighted by molar-refractivity contribution is -0.114. The summed E-state index contributed by atoms with van der Waals surface area (Å²) in [6, 6.07) is 20.0. The lowest BCUT2D eigenvalue weighted by Gasteiger charge is -2.24. The number of nitrogens with one attached hydrogen (secondary N) is 1. The number of amides is 1. The maximum absolute atomic E-state index is 13.1. The molecule has 0 aliphatic carbocycles. The van der Waals surface area contributed by atoms with Crippen LogP contribution in [0.15, 0.2) is 83.8 Å². The van der Waals surface area contributed by atoms with Gasteiger partial charge in [0, 0.05) is 5.69 Å². The highest BCUT2D eigenvalue weighted by Gasteiger charge is 2.27. The van der Waals surface area contributed by atoms with E-state index in [1.54, 1.807) is 42.5 Å². The molecule has 3 aromatic rings. The molecule has 0 bridgehead atoms. The zero-order valence-corrected chi connectivity index (χ0v) is 16.0. The van der Waals surface area contributed by atoms with Crippen LogP contribution in [0.1, 0.15) is 5.56 Å². The third kappa shape index (κ3) is 4.55. The van der Waals surface area contributed by atoms with Crippen molar-refractivity contribution in [2.24, 2.45) is 0 Å². The molecule has 7 heteroatoms. The second-order valence-corrected chi connectivity index (χ2v) is 8.08. The molecule has 1 N–H and O–H groups in total. The van der Waals surface area contributed by atoms with Gasteiger partial charge in [-0.15, -0.1) is 0 Å². The van der Waals surface area contributed by atoms with E-state index >= 15 is 0 Å². The van der Waals surface area contributed by atoms with Crippen LogP contribution in [-0.2, 0) is 14.8 Å². The van der Waals surface area contributed by atoms with Crippen LogP contribution in [0.4, 0.5) is 15.8 Å². The van der Waals surface area contributed by atoms with Gasteiger partial charge in [0.05, 0.1) is 10.6 Å². The van der Waals surface area contributed by atoms with E-state index in [2.05, 4.69) is 5.32 Å². The minimum atomic E-state index is -3.95. The second kappa shape index (κ2) is 8.22. The van der Waals surface area contributed by atoms with Gasteiger partial charge in [0.25, 0.3) is 10.0 Å². The number of hydrogen-bond acceptors (Lipinski definition) is 3. The first-order valence-electron chi connectivity index (χ1n) is 8.56. The van der Waals surface area contributed by atoms with Gasteiger partial charge in [0.2, 0.25) is 5.91 Å². The van der Waals surface area contributed by atoms with Gasteiger partial charge in [0.15, 0.2) is 0 Å². The van der Waals surface area contributed by atoms with Crippen LogP contribution >= 0.6 is 0 Å². The van der Waals surface area contributed by atoms with Gasteiger partial charge < -0.3 is 5.32 Å². The van der Waals surface area contributed by atoms with E-state index in [0.29, 0.717) is 11.4 Å². The van der Waals surface area contributed by atoms with Crippen LogP contribution in [0.25, 0.3) is 0 Å². The molecule has 0 unspecified atom stereocenters. The smallest absolute Gasteiger partial charge is 0.264 e. The van der Waals surface area contributed by atoms with Crippen molar-refractivity contribution in [3.63, 3.8) is 0 Å². The van der Waals surface area contributed by atoms with Crippen molar-refractivity contribution in [1.82, 2.24) is 0 Å². The Morgan fingerprint density at radius 2 is 1.54 bits per heavy atom. The van der Waals surface area contributed by atoms with Crippen molar-refractivity contribution < 1.29 is 17.6 Å². The standard InChI is InChI=1S/C21H19FN2O3S/c1-16-7-13-19(14-8-16)24(28(26,27)20-5-3-2-4-6-20)15-21(25)23-18-11-9-17(22)10-12-18/h2-14H,15H2,1H3,(H,23,25). The average Bonchev–Trinajstić information content (AvgIpc) is 2.69. The van der Waals surface area contributed by atoms with Crippen LogP contribution in [0, 0.1) is 12.7 Å². The number of nitrogens with zero attached hydrogens (tertiary/aromatic N) is 1. The van der Waals surface area contributed by atoms with Crippen molar-refractivity contribution in [2.75, 3.05) is 16.2 Å². The predicted octanol–water partition coefficient (Wildman–Crippen LogP) is 3.97. The summed E-state index contributed by atoms with van der Waals surface area (Å²) in [5.74, 6) is -0.961. The Morgan fingerprint density at radius 3 is 2.14 bits per heavy atom. The molecule has 0 saturated carbocycles. The summed E-state index contributed by atoms with van der Waals surface area (Å²) in [6.07, 6.45) is 0. The predicted molar refractivity (Wildman–Crippen MR) is 107 cm³/mol. The monoisotopic (exact) mass is 398 g/mol. The summed E-state index contributed by atoms with van der Waals surface area (Å²) in [5, 5.41) is 2.59. The molecule has 5 nitrogen and oxygen atoms in total. The van der Waals surface area contributed by atoms with Crippen LogP contribution in [-0.4, -0.2) is 20.9 Å². The zero-order chi connectivity index (χ0) is 20.1. The molecule has 0 radical (unpaired) electrons. The summed E-state index contributed by atoms with van der Waals surface area (Å²) in [7, 11) is -3.95. The third-order valence-corrected chi connectivity index (χ3v) is 5.86. The van der Waals surface area contributed by atoms with E-state index in [1.807, 2.05) is 6.92 Å². The van der Waals surface area contributed by atoms with Crippen molar-refractivity contribution in [2.45, 2.75) is 11.8 Å². The molecular weight excluding hydrogens is 379 g/mol. The zero-order valence-electron chi connectivity index (χ0n) is 15.2. The van der Waals surface area contributed by atoms with Gasteiger partial charge in [-0.1, -0.05) is 35.9 Å². The quantitative estimate of drug-likeness (QED) is 0.683. The SMILES string of the molecule is Cc1ccc(N(CC(=O)Nc2ccc(F)cc2)S(=O)(=O)c2ccccc2)cc1. The van der Waals surface area contributed by atoms with Crippen LogP contribution in [0.2, 0.25) is 0 Å². The molecule has 0 atom stereocenters. The number of anilines is 2. The molecule has 0 heterocycles. The van der Waals surface area contributed by atoms with Crippen LogP contribution < -0.4 is 9.62 Å². The lowest BCUT2D eigenvalue weighted by atomic mass is 10.2. The number of hydrogen-bond donors (Lipinski definition) is 1. The van der Waals surface area contributed by atoms with Crippen molar-refractivity contribution in [1.29, 1.82) is 0 Å². The fourth-order valence-electron chi connectivity index (χ4n) is 2.61. The summed E-state index contributed by atoms with van der Waals surface area (Å²) >= 11 is 0. The van der Waals surface area contributed by atoms with Gasteiger partial charge in [0.1, 0.15) is 12.4 Å². The highest BCUT2D eigenvalue weighted by atomic mass is 32.2. The number of carbonyl (C=O) groups is 1. The minimum absolute atomic E-state index is 0.0881. The topological polar surface area (TPSA) is 66.5 Å². The fourth-order valence-corrected chi connectivity index (χ4v) is 4.05. The molecule has 0 aliphatic rings. The van der Waals surface area contributed by atoms with Crippen LogP contribution in [0.5, 0.6) is 0 Å². The highest BCUT2D eigenvalue weighted by Crippen LogP contribution is 2.24. The molecule has 0 saturated heterocycles. The number of rotatable bonds is 6. The number of carbonyl (C=O) groups excluding carboxylic acids is 1. The van der Waals surface area contributed by atoms with Gasteiger partial charge in [-0.05, 0) is 55.5 Å². The summed E-state index contributed by atoms with van der Waals surface area (Å²) < 4.78 is 40.4. The maximum atomic E-state index is 13.1. The van der Waals surface area contributed by atoms with Gasteiger partial charge in [-0.2, -0.15) is 0 Å². The normalized spacial score (nSPS) is 11.1. The largest absolute Gasteiger partial charge is 0.325 e. The molecule has 28 heavy (non-hydrogen) atoms. The Labute approximate surface area is 163 Å². The number of benzene rings is 3. The Hall–Kier alpha value is -3.19. The molecule has 1 amide bonds. The molecule has 3 rings (SSSR count). The molecule has 0 aliphatic heterocycles. The third-order valence-electron chi connectivity index (χ3n) is 4.07. The molecule has 0 fully saturated rings. The van der Waals surface area contributed by atoms with Crippen molar-refractivity contribution in [3.8, 4) is 0 Å². The highest BCUT2D eigenvalue weighted by molar-refractivity contribution is 7.92. The Balaban J connectivity index is 1.91. The lowest BCUT2D eigenvalue weighted by Crippen LogP contribution is -2.38. The summed E-state index contributed by atoms with van der Waals surface area (Å²) in [5.41, 5.74) is 1.73. The van der Waals surface area contributed by atoms with E-state index in [1.165, 1.54) is 36.4 Å². The molecular formula is C21H19FN2O3S. The Bertz CT molecular complexity index is 1050. The van der Waals surface area contributed by atoms with E-state index in [9.17, 15) is 17.6 Å². The number of halogens is 1. The summed E-state index contributed by atoms with van der Waals surface area (Å²) in [6.45, 7) is 1.47. The maximum Gasteiger partial charge on any atom is 0.264 e. The number of sulfonamides is 1. The van der Waals surface area contributed by atoms with Gasteiger partial charge >= 0.3 is 0 Å². The minimum Gasteiger partial charge on any atom is -0.325 e. The molecule has 3 aromatic carbocycles. The van der Waals surface area contributed by atoms with Gasteiger partial charge in [-0.3, -0.25) is 9.10 Å².